The molecule has 3 heterocycles. The van der Waals surface area contributed by atoms with Crippen molar-refractivity contribution in [1.29, 1.82) is 0 Å². The molecule has 3 aliphatic rings. The minimum absolute atomic E-state index is 0.0668. The Hall–Kier alpha value is -2.58. The van der Waals surface area contributed by atoms with Crippen molar-refractivity contribution in [3.63, 3.8) is 0 Å². The number of hydrogen-bond acceptors (Lipinski definition) is 7. The van der Waals surface area contributed by atoms with E-state index >= 15 is 0 Å². The second-order valence-corrected chi connectivity index (χ2v) is 9.41. The maximum atomic E-state index is 13.0. The van der Waals surface area contributed by atoms with E-state index in [0.29, 0.717) is 18.5 Å². The number of fused-ring (bicyclic) bond motifs is 1. The van der Waals surface area contributed by atoms with E-state index in [1.165, 1.54) is 18.9 Å². The minimum atomic E-state index is -0.396. The van der Waals surface area contributed by atoms with Crippen LogP contribution in [0.1, 0.15) is 55.3 Å². The summed E-state index contributed by atoms with van der Waals surface area (Å²) in [5.74, 6) is -0.457. The Bertz CT molecular complexity index is 1040. The van der Waals surface area contributed by atoms with Crippen LogP contribution in [0.2, 0.25) is 0 Å². The van der Waals surface area contributed by atoms with Crippen LogP contribution in [0.4, 0.5) is 0 Å². The Kier molecular flexibility index (Phi) is 7.24. The summed E-state index contributed by atoms with van der Waals surface area (Å²) < 4.78 is 10.8. The number of nitrogens with zero attached hydrogens (tertiary/aromatic N) is 2. The highest BCUT2D eigenvalue weighted by atomic mass is 32.2. The maximum absolute atomic E-state index is 13.0. The average molecular weight is 470 g/mol. The Morgan fingerprint density at radius 1 is 1.33 bits per heavy atom. The first-order valence-electron chi connectivity index (χ1n) is 11.4. The summed E-state index contributed by atoms with van der Waals surface area (Å²) in [5, 5.41) is 5.75. The molecule has 1 N–H and O–H groups in total. The van der Waals surface area contributed by atoms with Gasteiger partial charge in [0.15, 0.2) is 5.17 Å². The zero-order chi connectivity index (χ0) is 23.5. The normalized spacial score (nSPS) is 22.1. The largest absolute Gasteiger partial charge is 0.466 e. The van der Waals surface area contributed by atoms with Crippen LogP contribution in [0.5, 0.6) is 0 Å². The lowest BCUT2D eigenvalue weighted by molar-refractivity contribution is -0.136. The third-order valence-electron chi connectivity index (χ3n) is 6.24. The highest BCUT2D eigenvalue weighted by Gasteiger charge is 2.42. The number of ether oxygens (including phenoxy) is 2. The summed E-state index contributed by atoms with van der Waals surface area (Å²) in [7, 11) is 1.40. The molecule has 4 rings (SSSR count). The molecule has 0 spiro atoms. The molecular formula is C25H31N3O4S. The molecule has 7 nitrogen and oxygen atoms in total. The number of amidine groups is 1. The Labute approximate surface area is 199 Å². The minimum Gasteiger partial charge on any atom is -0.466 e. The van der Waals surface area contributed by atoms with Gasteiger partial charge in [-0.3, -0.25) is 4.79 Å². The number of aliphatic imine (C=N–C) groups is 1. The lowest BCUT2D eigenvalue weighted by atomic mass is 9.89. The fourth-order valence-corrected chi connectivity index (χ4v) is 5.54. The van der Waals surface area contributed by atoms with E-state index in [2.05, 4.69) is 37.4 Å². The quantitative estimate of drug-likeness (QED) is 0.605. The van der Waals surface area contributed by atoms with Crippen LogP contribution >= 0.6 is 11.8 Å². The smallest absolute Gasteiger partial charge is 0.338 e. The first-order valence-corrected chi connectivity index (χ1v) is 12.3. The molecule has 176 valence electrons. The number of methoxy groups -OCH3 is 1. The SMILES string of the molecule is CCC1=C(C(=O)OC)C(c2ccc(C)cc2C)N2C(CC(=O)NCC3CCCO3)=CSC2=N1. The van der Waals surface area contributed by atoms with E-state index in [1.807, 2.05) is 17.2 Å². The van der Waals surface area contributed by atoms with Crippen LogP contribution in [-0.2, 0) is 19.1 Å². The molecule has 0 bridgehead atoms. The van der Waals surface area contributed by atoms with Crippen molar-refractivity contribution in [3.05, 3.63) is 57.3 Å². The topological polar surface area (TPSA) is 80.2 Å². The van der Waals surface area contributed by atoms with Crippen molar-refractivity contribution < 1.29 is 19.1 Å². The fraction of sp³-hybridized carbons (Fsp3) is 0.480. The first-order chi connectivity index (χ1) is 15.9. The molecule has 1 amide bonds. The standard InChI is InChI=1S/C25H31N3O4S/c1-5-20-22(24(30)31-4)23(19-9-8-15(2)11-16(19)3)28-17(14-33-25(28)27-20)12-21(29)26-13-18-7-6-10-32-18/h8-9,11,14,18,23H,5-7,10,12-13H2,1-4H3,(H,26,29). The lowest BCUT2D eigenvalue weighted by Gasteiger charge is -2.37. The van der Waals surface area contributed by atoms with Gasteiger partial charge in [-0.1, -0.05) is 42.4 Å². The molecule has 8 heteroatoms. The van der Waals surface area contributed by atoms with Crippen molar-refractivity contribution in [1.82, 2.24) is 10.2 Å². The van der Waals surface area contributed by atoms with Gasteiger partial charge in [-0.15, -0.1) is 0 Å². The Morgan fingerprint density at radius 3 is 2.82 bits per heavy atom. The summed E-state index contributed by atoms with van der Waals surface area (Å²) in [5.41, 5.74) is 5.32. The molecule has 3 aliphatic heterocycles. The van der Waals surface area contributed by atoms with Gasteiger partial charge in [-0.25, -0.2) is 9.79 Å². The second kappa shape index (κ2) is 10.1. The number of amides is 1. The van der Waals surface area contributed by atoms with Gasteiger partial charge in [-0.2, -0.15) is 0 Å². The summed E-state index contributed by atoms with van der Waals surface area (Å²) in [6.07, 6.45) is 2.92. The molecule has 33 heavy (non-hydrogen) atoms. The van der Waals surface area contributed by atoms with Crippen LogP contribution in [0.25, 0.3) is 0 Å². The van der Waals surface area contributed by atoms with Crippen molar-refractivity contribution >= 4 is 28.8 Å². The molecule has 0 aromatic heterocycles. The van der Waals surface area contributed by atoms with Crippen molar-refractivity contribution in [3.8, 4) is 0 Å². The maximum Gasteiger partial charge on any atom is 0.338 e. The van der Waals surface area contributed by atoms with E-state index in [0.717, 1.165) is 52.7 Å². The van der Waals surface area contributed by atoms with Crippen LogP contribution in [-0.4, -0.2) is 48.3 Å². The molecule has 2 atom stereocenters. The number of thioether (sulfide) groups is 1. The van der Waals surface area contributed by atoms with Gasteiger partial charge in [0.25, 0.3) is 0 Å². The first kappa shape index (κ1) is 23.6. The van der Waals surface area contributed by atoms with Gasteiger partial charge in [0.1, 0.15) is 0 Å². The second-order valence-electron chi connectivity index (χ2n) is 8.58. The number of aryl methyl sites for hydroxylation is 2. The monoisotopic (exact) mass is 469 g/mol. The number of allylic oxidation sites excluding steroid dienone is 1. The van der Waals surface area contributed by atoms with E-state index in [4.69, 9.17) is 14.5 Å². The van der Waals surface area contributed by atoms with Crippen molar-refractivity contribution in [2.75, 3.05) is 20.3 Å². The molecular weight excluding hydrogens is 438 g/mol. The van der Waals surface area contributed by atoms with Gasteiger partial charge >= 0.3 is 5.97 Å². The number of carbonyl (C=O) groups is 2. The van der Waals surface area contributed by atoms with Crippen molar-refractivity contribution in [2.45, 2.75) is 58.6 Å². The molecule has 0 aliphatic carbocycles. The number of nitrogens with one attached hydrogen (secondary N) is 1. The van der Waals surface area contributed by atoms with E-state index in [9.17, 15) is 9.59 Å². The zero-order valence-corrected chi connectivity index (χ0v) is 20.5. The molecule has 2 unspecified atom stereocenters. The Morgan fingerprint density at radius 2 is 2.15 bits per heavy atom. The summed E-state index contributed by atoms with van der Waals surface area (Å²) in [6.45, 7) is 7.37. The summed E-state index contributed by atoms with van der Waals surface area (Å²) in [4.78, 5) is 32.6. The molecule has 1 saturated heterocycles. The van der Waals surface area contributed by atoms with Gasteiger partial charge in [0.05, 0.1) is 36.9 Å². The molecule has 1 aromatic carbocycles. The van der Waals surface area contributed by atoms with Crippen LogP contribution in [0.15, 0.2) is 45.6 Å². The number of rotatable bonds is 7. The lowest BCUT2D eigenvalue weighted by Crippen LogP contribution is -2.39. The zero-order valence-electron chi connectivity index (χ0n) is 19.6. The number of hydrogen-bond donors (Lipinski definition) is 1. The van der Waals surface area contributed by atoms with E-state index in [1.54, 1.807) is 0 Å². The average Bonchev–Trinajstić information content (AvgIpc) is 3.46. The summed E-state index contributed by atoms with van der Waals surface area (Å²) >= 11 is 1.49. The van der Waals surface area contributed by atoms with Gasteiger partial charge in [0.2, 0.25) is 5.91 Å². The fourth-order valence-electron chi connectivity index (χ4n) is 4.60. The van der Waals surface area contributed by atoms with Gasteiger partial charge < -0.3 is 19.7 Å². The van der Waals surface area contributed by atoms with E-state index in [-0.39, 0.29) is 18.4 Å². The number of carbonyl (C=O) groups excluding carboxylic acids is 2. The molecule has 0 saturated carbocycles. The predicted octanol–water partition coefficient (Wildman–Crippen LogP) is 4.13. The van der Waals surface area contributed by atoms with Crippen LogP contribution in [0, 0.1) is 13.8 Å². The molecule has 0 radical (unpaired) electrons. The Balaban J connectivity index is 1.66. The highest BCUT2D eigenvalue weighted by molar-refractivity contribution is 8.16. The van der Waals surface area contributed by atoms with Crippen LogP contribution < -0.4 is 5.32 Å². The molecule has 1 fully saturated rings. The highest BCUT2D eigenvalue weighted by Crippen LogP contribution is 2.46. The molecule has 1 aromatic rings. The van der Waals surface area contributed by atoms with Crippen LogP contribution in [0.3, 0.4) is 0 Å². The number of esters is 1. The van der Waals surface area contributed by atoms with Crippen molar-refractivity contribution in [2.24, 2.45) is 4.99 Å². The third-order valence-corrected chi connectivity index (χ3v) is 7.13. The predicted molar refractivity (Wildman–Crippen MR) is 130 cm³/mol. The number of benzene rings is 1. The third kappa shape index (κ3) is 4.87. The van der Waals surface area contributed by atoms with Gasteiger partial charge in [-0.05, 0) is 49.6 Å². The summed E-state index contributed by atoms with van der Waals surface area (Å²) in [6, 6.07) is 5.83. The van der Waals surface area contributed by atoms with Gasteiger partial charge in [0, 0.05) is 18.8 Å². The van der Waals surface area contributed by atoms with E-state index < -0.39 is 12.0 Å².